The van der Waals surface area contributed by atoms with E-state index in [1.165, 1.54) is 32.5 Å². The number of carbonyl (C=O) groups is 1. The number of amides is 1. The third-order valence-corrected chi connectivity index (χ3v) is 4.70. The normalized spacial score (nSPS) is 27.7. The highest BCUT2D eigenvalue weighted by Gasteiger charge is 2.33. The highest BCUT2D eigenvalue weighted by molar-refractivity contribution is 5.68. The van der Waals surface area contributed by atoms with Gasteiger partial charge in [-0.1, -0.05) is 0 Å². The van der Waals surface area contributed by atoms with Crippen LogP contribution in [0.25, 0.3) is 0 Å². The minimum atomic E-state index is -0.418. The van der Waals surface area contributed by atoms with Crippen molar-refractivity contribution in [3.63, 3.8) is 0 Å². The van der Waals surface area contributed by atoms with E-state index in [0.717, 1.165) is 25.4 Å². The van der Waals surface area contributed by atoms with Gasteiger partial charge in [-0.15, -0.1) is 0 Å². The lowest BCUT2D eigenvalue weighted by Crippen LogP contribution is -2.56. The number of carbonyl (C=O) groups excluding carboxylic acids is 1. The van der Waals surface area contributed by atoms with E-state index >= 15 is 0 Å². The first-order valence-corrected chi connectivity index (χ1v) is 8.82. The van der Waals surface area contributed by atoms with E-state index in [2.05, 4.69) is 10.2 Å². The average molecular weight is 311 g/mol. The predicted octanol–water partition coefficient (Wildman–Crippen LogP) is 2.32. The maximum Gasteiger partial charge on any atom is 0.410 e. The molecule has 3 aliphatic heterocycles. The summed E-state index contributed by atoms with van der Waals surface area (Å²) in [7, 11) is 0. The zero-order chi connectivity index (χ0) is 16.2. The largest absolute Gasteiger partial charge is 0.444 e. The Morgan fingerprint density at radius 2 is 2.00 bits per heavy atom. The Kier molecular flexibility index (Phi) is 6.09. The highest BCUT2D eigenvalue weighted by atomic mass is 16.6. The molecule has 0 spiro atoms. The third kappa shape index (κ3) is 5.13. The van der Waals surface area contributed by atoms with Crippen LogP contribution in [0.2, 0.25) is 0 Å². The summed E-state index contributed by atoms with van der Waals surface area (Å²) in [5.41, 5.74) is -0.418. The van der Waals surface area contributed by atoms with E-state index in [1.807, 2.05) is 27.7 Å². The van der Waals surface area contributed by atoms with Crippen LogP contribution >= 0.6 is 0 Å². The molecule has 1 atom stereocenters. The lowest BCUT2D eigenvalue weighted by atomic mass is 9.84. The monoisotopic (exact) mass is 311 g/mol. The fourth-order valence-electron chi connectivity index (χ4n) is 3.46. The third-order valence-electron chi connectivity index (χ3n) is 4.70. The summed E-state index contributed by atoms with van der Waals surface area (Å²) in [6.45, 7) is 14.0. The molecule has 3 saturated heterocycles. The van der Waals surface area contributed by atoms with Crippen molar-refractivity contribution in [3.8, 4) is 0 Å². The molecule has 0 aromatic rings. The van der Waals surface area contributed by atoms with Crippen molar-refractivity contribution in [3.05, 3.63) is 0 Å². The lowest BCUT2D eigenvalue weighted by molar-refractivity contribution is 0.0255. The van der Waals surface area contributed by atoms with Crippen LogP contribution in [0.4, 0.5) is 4.79 Å². The van der Waals surface area contributed by atoms with Gasteiger partial charge in [0.05, 0.1) is 0 Å². The van der Waals surface area contributed by atoms with Crippen molar-refractivity contribution in [2.24, 2.45) is 5.92 Å². The van der Waals surface area contributed by atoms with Gasteiger partial charge in [0, 0.05) is 25.7 Å². The molecule has 5 nitrogen and oxygen atoms in total. The molecular formula is C17H33N3O2. The van der Waals surface area contributed by atoms with Gasteiger partial charge in [0.15, 0.2) is 0 Å². The molecule has 0 aromatic carbocycles. The Bertz CT molecular complexity index is 359. The van der Waals surface area contributed by atoms with Crippen LogP contribution in [-0.2, 0) is 4.74 Å². The van der Waals surface area contributed by atoms with Crippen LogP contribution in [0.3, 0.4) is 0 Å². The maximum atomic E-state index is 12.1. The average Bonchev–Trinajstić information content (AvgIpc) is 2.46. The topological polar surface area (TPSA) is 44.8 Å². The minimum Gasteiger partial charge on any atom is -0.444 e. The molecule has 3 heterocycles. The molecule has 1 N–H and O–H groups in total. The molecule has 22 heavy (non-hydrogen) atoms. The smallest absolute Gasteiger partial charge is 0.410 e. The van der Waals surface area contributed by atoms with Gasteiger partial charge in [0.1, 0.15) is 5.60 Å². The Labute approximate surface area is 135 Å². The van der Waals surface area contributed by atoms with Crippen molar-refractivity contribution in [2.45, 2.75) is 58.6 Å². The molecule has 0 aromatic heterocycles. The Hall–Kier alpha value is -0.810. The molecule has 1 amide bonds. The fraction of sp³-hybridized carbons (Fsp3) is 0.941. The van der Waals surface area contributed by atoms with Gasteiger partial charge in [-0.3, -0.25) is 0 Å². The van der Waals surface area contributed by atoms with Crippen molar-refractivity contribution in [1.82, 2.24) is 15.1 Å². The van der Waals surface area contributed by atoms with Crippen molar-refractivity contribution in [1.29, 1.82) is 0 Å². The highest BCUT2D eigenvalue weighted by Crippen LogP contribution is 2.27. The number of piperidine rings is 3. The van der Waals surface area contributed by atoms with Crippen LogP contribution in [0.5, 0.6) is 0 Å². The van der Waals surface area contributed by atoms with Crippen LogP contribution in [-0.4, -0.2) is 66.8 Å². The van der Waals surface area contributed by atoms with Gasteiger partial charge in [0.25, 0.3) is 0 Å². The Balaban J connectivity index is 1.65. The van der Waals surface area contributed by atoms with E-state index in [0.29, 0.717) is 12.6 Å². The standard InChI is InChI=1S/C17H33N3O2/c1-5-20(16(21)22-17(2,3)4)10-6-9-18-15-13-19-11-7-14(15)8-12-19/h14-15,18H,5-13H2,1-4H3. The van der Waals surface area contributed by atoms with Crippen molar-refractivity contribution >= 4 is 6.09 Å². The molecule has 2 bridgehead atoms. The molecule has 0 saturated carbocycles. The second kappa shape index (κ2) is 7.64. The Morgan fingerprint density at radius 1 is 1.32 bits per heavy atom. The maximum absolute atomic E-state index is 12.1. The first-order valence-electron chi connectivity index (χ1n) is 8.82. The molecule has 3 fully saturated rings. The van der Waals surface area contributed by atoms with Crippen LogP contribution in [0, 0.1) is 5.92 Å². The second-order valence-corrected chi connectivity index (χ2v) is 7.61. The van der Waals surface area contributed by atoms with Gasteiger partial charge in [-0.25, -0.2) is 4.79 Å². The van der Waals surface area contributed by atoms with E-state index in [1.54, 1.807) is 4.90 Å². The number of nitrogens with zero attached hydrogens (tertiary/aromatic N) is 2. The van der Waals surface area contributed by atoms with E-state index in [-0.39, 0.29) is 6.09 Å². The van der Waals surface area contributed by atoms with E-state index < -0.39 is 5.60 Å². The van der Waals surface area contributed by atoms with Gasteiger partial charge in [0.2, 0.25) is 0 Å². The minimum absolute atomic E-state index is 0.196. The number of fused-ring (bicyclic) bond motifs is 3. The first kappa shape index (κ1) is 17.5. The fourth-order valence-corrected chi connectivity index (χ4v) is 3.46. The molecule has 5 heteroatoms. The molecular weight excluding hydrogens is 278 g/mol. The van der Waals surface area contributed by atoms with Gasteiger partial charge < -0.3 is 19.9 Å². The number of nitrogens with one attached hydrogen (secondary N) is 1. The first-order chi connectivity index (χ1) is 10.4. The number of ether oxygens (including phenoxy) is 1. The SMILES string of the molecule is CCN(CCCNC1CN2CCC1CC2)C(=O)OC(C)(C)C. The predicted molar refractivity (Wildman–Crippen MR) is 89.1 cm³/mol. The molecule has 0 radical (unpaired) electrons. The zero-order valence-electron chi connectivity index (χ0n) is 14.7. The summed E-state index contributed by atoms with van der Waals surface area (Å²) < 4.78 is 5.44. The summed E-state index contributed by atoms with van der Waals surface area (Å²) in [6.07, 6.45) is 3.47. The number of hydrogen-bond acceptors (Lipinski definition) is 4. The van der Waals surface area contributed by atoms with E-state index in [4.69, 9.17) is 4.74 Å². The van der Waals surface area contributed by atoms with Crippen molar-refractivity contribution in [2.75, 3.05) is 39.3 Å². The quantitative estimate of drug-likeness (QED) is 0.765. The number of rotatable bonds is 6. The second-order valence-electron chi connectivity index (χ2n) is 7.61. The lowest BCUT2D eigenvalue weighted by Gasteiger charge is -2.45. The van der Waals surface area contributed by atoms with Crippen LogP contribution < -0.4 is 5.32 Å². The van der Waals surface area contributed by atoms with Gasteiger partial charge >= 0.3 is 6.09 Å². The Morgan fingerprint density at radius 3 is 2.50 bits per heavy atom. The van der Waals surface area contributed by atoms with Gasteiger partial charge in [-0.2, -0.15) is 0 Å². The summed E-state index contributed by atoms with van der Waals surface area (Å²) in [5.74, 6) is 0.859. The van der Waals surface area contributed by atoms with Crippen LogP contribution in [0.15, 0.2) is 0 Å². The van der Waals surface area contributed by atoms with E-state index in [9.17, 15) is 4.79 Å². The summed E-state index contributed by atoms with van der Waals surface area (Å²) >= 11 is 0. The van der Waals surface area contributed by atoms with Gasteiger partial charge in [-0.05, 0) is 72.5 Å². The molecule has 0 aliphatic carbocycles. The number of hydrogen-bond donors (Lipinski definition) is 1. The van der Waals surface area contributed by atoms with Crippen LogP contribution in [0.1, 0.15) is 47.0 Å². The summed E-state index contributed by atoms with van der Waals surface area (Å²) in [6, 6.07) is 0.652. The summed E-state index contributed by atoms with van der Waals surface area (Å²) in [4.78, 5) is 16.4. The summed E-state index contributed by atoms with van der Waals surface area (Å²) in [5, 5.41) is 3.70. The zero-order valence-corrected chi connectivity index (χ0v) is 14.7. The van der Waals surface area contributed by atoms with Crippen molar-refractivity contribution < 1.29 is 9.53 Å². The molecule has 128 valence electrons. The molecule has 3 aliphatic rings. The molecule has 1 unspecified atom stereocenters. The molecule has 3 rings (SSSR count).